The van der Waals surface area contributed by atoms with Gasteiger partial charge in [0.15, 0.2) is 0 Å². The fourth-order valence-corrected chi connectivity index (χ4v) is 1.56. The molecule has 0 aromatic heterocycles. The number of hydrogen-bond acceptors (Lipinski definition) is 4. The van der Waals surface area contributed by atoms with E-state index in [0.717, 1.165) is 11.4 Å². The zero-order valence-corrected chi connectivity index (χ0v) is 12.7. The number of methoxy groups -OCH3 is 1. The second kappa shape index (κ2) is 7.75. The van der Waals surface area contributed by atoms with Crippen molar-refractivity contribution in [2.24, 2.45) is 0 Å². The number of benzene rings is 1. The molecule has 5 nitrogen and oxygen atoms in total. The maximum atomic E-state index is 11.7. The van der Waals surface area contributed by atoms with Gasteiger partial charge in [-0.15, -0.1) is 0 Å². The summed E-state index contributed by atoms with van der Waals surface area (Å²) in [7, 11) is 1.64. The summed E-state index contributed by atoms with van der Waals surface area (Å²) < 4.78 is 10.4. The van der Waals surface area contributed by atoms with E-state index in [2.05, 4.69) is 10.6 Å². The molecule has 2 N–H and O–H groups in total. The van der Waals surface area contributed by atoms with Crippen LogP contribution in [0.1, 0.15) is 20.8 Å². The van der Waals surface area contributed by atoms with Crippen LogP contribution in [0.5, 0.6) is 5.75 Å². The predicted molar refractivity (Wildman–Crippen MR) is 80.2 cm³/mol. The highest BCUT2D eigenvalue weighted by Crippen LogP contribution is 2.15. The van der Waals surface area contributed by atoms with E-state index in [4.69, 9.17) is 9.47 Å². The minimum Gasteiger partial charge on any atom is -0.491 e. The minimum absolute atomic E-state index is 0.0297. The van der Waals surface area contributed by atoms with Crippen molar-refractivity contribution in [3.05, 3.63) is 24.3 Å². The Morgan fingerprint density at radius 3 is 2.35 bits per heavy atom. The van der Waals surface area contributed by atoms with Crippen LogP contribution in [0.3, 0.4) is 0 Å². The standard InChI is InChI=1S/C15H24N2O3/c1-15(2,3)17-14(18)11-16-12-5-7-13(8-6-12)20-10-9-19-4/h5-8,16H,9-11H2,1-4H3,(H,17,18). The molecule has 0 bridgehead atoms. The number of hydrogen-bond donors (Lipinski definition) is 2. The number of ether oxygens (including phenoxy) is 2. The van der Waals surface area contributed by atoms with E-state index in [0.29, 0.717) is 13.2 Å². The lowest BCUT2D eigenvalue weighted by Crippen LogP contribution is -2.43. The van der Waals surface area contributed by atoms with Gasteiger partial charge in [0.2, 0.25) is 5.91 Å². The molecule has 0 saturated heterocycles. The molecule has 0 heterocycles. The van der Waals surface area contributed by atoms with Crippen molar-refractivity contribution in [3.63, 3.8) is 0 Å². The van der Waals surface area contributed by atoms with Crippen LogP contribution in [-0.2, 0) is 9.53 Å². The Kier molecular flexibility index (Phi) is 6.31. The van der Waals surface area contributed by atoms with Gasteiger partial charge in [-0.2, -0.15) is 0 Å². The van der Waals surface area contributed by atoms with Gasteiger partial charge in [-0.1, -0.05) is 0 Å². The Labute approximate surface area is 120 Å². The monoisotopic (exact) mass is 280 g/mol. The second-order valence-electron chi connectivity index (χ2n) is 5.52. The van der Waals surface area contributed by atoms with E-state index in [1.54, 1.807) is 7.11 Å². The normalized spacial score (nSPS) is 11.0. The number of rotatable bonds is 7. The zero-order chi connectivity index (χ0) is 15.0. The Morgan fingerprint density at radius 1 is 1.15 bits per heavy atom. The third-order valence-corrected chi connectivity index (χ3v) is 2.38. The van der Waals surface area contributed by atoms with E-state index in [1.807, 2.05) is 45.0 Å². The quantitative estimate of drug-likeness (QED) is 0.750. The van der Waals surface area contributed by atoms with Gasteiger partial charge in [-0.05, 0) is 45.0 Å². The van der Waals surface area contributed by atoms with E-state index in [1.165, 1.54) is 0 Å². The lowest BCUT2D eigenvalue weighted by molar-refractivity contribution is -0.120. The second-order valence-corrected chi connectivity index (χ2v) is 5.52. The number of anilines is 1. The number of nitrogens with one attached hydrogen (secondary N) is 2. The first-order chi connectivity index (χ1) is 9.40. The van der Waals surface area contributed by atoms with Gasteiger partial charge in [0.05, 0.1) is 13.2 Å². The van der Waals surface area contributed by atoms with Gasteiger partial charge in [-0.3, -0.25) is 4.79 Å². The highest BCUT2D eigenvalue weighted by molar-refractivity contribution is 5.81. The molecule has 1 amide bonds. The Morgan fingerprint density at radius 2 is 1.80 bits per heavy atom. The summed E-state index contributed by atoms with van der Waals surface area (Å²) in [4.78, 5) is 11.7. The highest BCUT2D eigenvalue weighted by Gasteiger charge is 2.12. The molecular weight excluding hydrogens is 256 g/mol. The molecule has 0 spiro atoms. The number of carbonyl (C=O) groups is 1. The van der Waals surface area contributed by atoms with Gasteiger partial charge < -0.3 is 20.1 Å². The molecule has 5 heteroatoms. The highest BCUT2D eigenvalue weighted by atomic mass is 16.5. The van der Waals surface area contributed by atoms with Crippen LogP contribution < -0.4 is 15.4 Å². The zero-order valence-electron chi connectivity index (χ0n) is 12.7. The van der Waals surface area contributed by atoms with Crippen molar-refractivity contribution in [2.45, 2.75) is 26.3 Å². The van der Waals surface area contributed by atoms with Crippen LogP contribution in [0.15, 0.2) is 24.3 Å². The van der Waals surface area contributed by atoms with Crippen LogP contribution >= 0.6 is 0 Å². The molecule has 0 fully saturated rings. The van der Waals surface area contributed by atoms with Crippen molar-refractivity contribution in [2.75, 3.05) is 32.2 Å². The number of carbonyl (C=O) groups excluding carboxylic acids is 1. The SMILES string of the molecule is COCCOc1ccc(NCC(=O)NC(C)(C)C)cc1. The van der Waals surface area contributed by atoms with Gasteiger partial charge in [0.25, 0.3) is 0 Å². The van der Waals surface area contributed by atoms with Crippen molar-refractivity contribution in [1.82, 2.24) is 5.32 Å². The summed E-state index contributed by atoms with van der Waals surface area (Å²) in [5.41, 5.74) is 0.672. The topological polar surface area (TPSA) is 59.6 Å². The summed E-state index contributed by atoms with van der Waals surface area (Å²) in [6, 6.07) is 7.48. The molecule has 0 saturated carbocycles. The van der Waals surface area contributed by atoms with Gasteiger partial charge in [-0.25, -0.2) is 0 Å². The third kappa shape index (κ3) is 6.99. The molecule has 0 atom stereocenters. The van der Waals surface area contributed by atoms with Gasteiger partial charge in [0, 0.05) is 18.3 Å². The molecule has 112 valence electrons. The van der Waals surface area contributed by atoms with E-state index >= 15 is 0 Å². The molecule has 0 aliphatic carbocycles. The van der Waals surface area contributed by atoms with Gasteiger partial charge in [0.1, 0.15) is 12.4 Å². The minimum atomic E-state index is -0.211. The smallest absolute Gasteiger partial charge is 0.239 e. The first-order valence-corrected chi connectivity index (χ1v) is 6.67. The lowest BCUT2D eigenvalue weighted by Gasteiger charge is -2.20. The Balaban J connectivity index is 2.36. The third-order valence-electron chi connectivity index (χ3n) is 2.38. The summed E-state index contributed by atoms with van der Waals surface area (Å²) in [5.74, 6) is 0.754. The van der Waals surface area contributed by atoms with Crippen molar-refractivity contribution >= 4 is 11.6 Å². The molecule has 0 radical (unpaired) electrons. The summed E-state index contributed by atoms with van der Waals surface area (Å²) in [6.45, 7) is 7.20. The van der Waals surface area contributed by atoms with E-state index < -0.39 is 0 Å². The first-order valence-electron chi connectivity index (χ1n) is 6.67. The van der Waals surface area contributed by atoms with Crippen LogP contribution in [0.25, 0.3) is 0 Å². The van der Waals surface area contributed by atoms with Crippen molar-refractivity contribution < 1.29 is 14.3 Å². The van der Waals surface area contributed by atoms with Crippen LogP contribution in [0, 0.1) is 0 Å². The average molecular weight is 280 g/mol. The fraction of sp³-hybridized carbons (Fsp3) is 0.533. The van der Waals surface area contributed by atoms with Crippen molar-refractivity contribution in [3.8, 4) is 5.75 Å². The molecule has 1 aromatic carbocycles. The fourth-order valence-electron chi connectivity index (χ4n) is 1.56. The molecule has 1 rings (SSSR count). The van der Waals surface area contributed by atoms with E-state index in [-0.39, 0.29) is 18.0 Å². The maximum Gasteiger partial charge on any atom is 0.239 e. The Hall–Kier alpha value is -1.75. The molecular formula is C15H24N2O3. The van der Waals surface area contributed by atoms with Crippen molar-refractivity contribution in [1.29, 1.82) is 0 Å². The summed E-state index contributed by atoms with van der Waals surface area (Å²) in [6.07, 6.45) is 0. The summed E-state index contributed by atoms with van der Waals surface area (Å²) in [5, 5.41) is 5.96. The van der Waals surface area contributed by atoms with Crippen LogP contribution in [0.4, 0.5) is 5.69 Å². The molecule has 0 aliphatic rings. The molecule has 0 aliphatic heterocycles. The molecule has 1 aromatic rings. The first kappa shape index (κ1) is 16.3. The molecule has 20 heavy (non-hydrogen) atoms. The average Bonchev–Trinajstić information content (AvgIpc) is 2.36. The van der Waals surface area contributed by atoms with Crippen LogP contribution in [-0.4, -0.2) is 38.3 Å². The maximum absolute atomic E-state index is 11.7. The van der Waals surface area contributed by atoms with Gasteiger partial charge >= 0.3 is 0 Å². The lowest BCUT2D eigenvalue weighted by atomic mass is 10.1. The predicted octanol–water partition coefficient (Wildman–Crippen LogP) is 2.04. The summed E-state index contributed by atoms with van der Waals surface area (Å²) >= 11 is 0. The van der Waals surface area contributed by atoms with Crippen LogP contribution in [0.2, 0.25) is 0 Å². The molecule has 0 unspecified atom stereocenters. The Bertz CT molecular complexity index is 410. The number of amides is 1. The van der Waals surface area contributed by atoms with E-state index in [9.17, 15) is 4.79 Å². The largest absolute Gasteiger partial charge is 0.491 e.